The van der Waals surface area contributed by atoms with Gasteiger partial charge in [0.2, 0.25) is 0 Å². The van der Waals surface area contributed by atoms with E-state index in [1.54, 1.807) is 0 Å². The summed E-state index contributed by atoms with van der Waals surface area (Å²) in [5, 5.41) is 3.99. The van der Waals surface area contributed by atoms with E-state index in [1.165, 1.54) is 0 Å². The first-order valence-electron chi connectivity index (χ1n) is 10.6. The van der Waals surface area contributed by atoms with E-state index < -0.39 is 7.60 Å². The van der Waals surface area contributed by atoms with Crippen molar-refractivity contribution in [3.05, 3.63) is 84.9 Å². The summed E-state index contributed by atoms with van der Waals surface area (Å²) in [6, 6.07) is 27.6. The first kappa shape index (κ1) is 20.5. The molecule has 0 N–H and O–H groups in total. The SMILES string of the molecule is CCCCCCP(=O)(Oc1cccc2ccccc12)Oc1cccc2ccccc12. The lowest BCUT2D eigenvalue weighted by Gasteiger charge is -2.22. The lowest BCUT2D eigenvalue weighted by molar-refractivity contribution is 0.387. The van der Waals surface area contributed by atoms with Crippen LogP contribution in [0.15, 0.2) is 84.9 Å². The number of hydrogen-bond acceptors (Lipinski definition) is 3. The van der Waals surface area contributed by atoms with E-state index in [2.05, 4.69) is 6.92 Å². The molecule has 0 saturated carbocycles. The van der Waals surface area contributed by atoms with Crippen LogP contribution in [0.3, 0.4) is 0 Å². The van der Waals surface area contributed by atoms with Gasteiger partial charge in [-0.1, -0.05) is 99.0 Å². The van der Waals surface area contributed by atoms with Crippen LogP contribution < -0.4 is 9.05 Å². The molecule has 0 fully saturated rings. The van der Waals surface area contributed by atoms with Crippen LogP contribution >= 0.6 is 7.60 Å². The Morgan fingerprint density at radius 2 is 1.13 bits per heavy atom. The molecule has 0 aromatic heterocycles. The highest BCUT2D eigenvalue weighted by atomic mass is 31.2. The van der Waals surface area contributed by atoms with E-state index in [0.29, 0.717) is 17.7 Å². The summed E-state index contributed by atoms with van der Waals surface area (Å²) in [5.74, 6) is 1.21. The lowest BCUT2D eigenvalue weighted by atomic mass is 10.1. The highest BCUT2D eigenvalue weighted by molar-refractivity contribution is 7.54. The Kier molecular flexibility index (Phi) is 6.40. The van der Waals surface area contributed by atoms with Gasteiger partial charge in [-0.25, -0.2) is 4.57 Å². The lowest BCUT2D eigenvalue weighted by Crippen LogP contribution is -2.06. The zero-order valence-corrected chi connectivity index (χ0v) is 18.2. The second-order valence-corrected chi connectivity index (χ2v) is 9.57. The Bertz CT molecular complexity index is 1090. The zero-order chi connectivity index (χ0) is 20.8. The fourth-order valence-corrected chi connectivity index (χ4v) is 5.44. The topological polar surface area (TPSA) is 35.5 Å². The third-order valence-corrected chi connectivity index (χ3v) is 7.07. The summed E-state index contributed by atoms with van der Waals surface area (Å²) in [7, 11) is -3.41. The fourth-order valence-electron chi connectivity index (χ4n) is 3.69. The molecule has 4 aromatic carbocycles. The number of rotatable bonds is 9. The van der Waals surface area contributed by atoms with Gasteiger partial charge in [-0.2, -0.15) is 0 Å². The normalized spacial score (nSPS) is 11.6. The van der Waals surface area contributed by atoms with Crippen molar-refractivity contribution in [3.63, 3.8) is 0 Å². The van der Waals surface area contributed by atoms with Gasteiger partial charge in [0.25, 0.3) is 0 Å². The molecule has 0 radical (unpaired) electrons. The average Bonchev–Trinajstić information content (AvgIpc) is 2.77. The predicted molar refractivity (Wildman–Crippen MR) is 126 cm³/mol. The molecule has 0 unspecified atom stereocenters. The number of hydrogen-bond donors (Lipinski definition) is 0. The molecule has 0 bridgehead atoms. The maximum Gasteiger partial charge on any atom is 0.430 e. The second-order valence-electron chi connectivity index (χ2n) is 7.53. The Morgan fingerprint density at radius 1 is 0.633 bits per heavy atom. The number of fused-ring (bicyclic) bond motifs is 2. The van der Waals surface area contributed by atoms with Gasteiger partial charge in [-0.3, -0.25) is 0 Å². The third kappa shape index (κ3) is 4.68. The molecular weight excluding hydrogens is 391 g/mol. The van der Waals surface area contributed by atoms with Crippen molar-refractivity contribution in [2.75, 3.05) is 6.16 Å². The van der Waals surface area contributed by atoms with Gasteiger partial charge in [0, 0.05) is 10.8 Å². The van der Waals surface area contributed by atoms with Crippen LogP contribution in [0.4, 0.5) is 0 Å². The van der Waals surface area contributed by atoms with Crippen molar-refractivity contribution in [1.29, 1.82) is 0 Å². The zero-order valence-electron chi connectivity index (χ0n) is 17.3. The summed E-state index contributed by atoms with van der Waals surface area (Å²) in [4.78, 5) is 0. The monoisotopic (exact) mass is 418 g/mol. The third-order valence-electron chi connectivity index (χ3n) is 5.26. The van der Waals surface area contributed by atoms with Crippen LogP contribution in [0.5, 0.6) is 11.5 Å². The van der Waals surface area contributed by atoms with Crippen molar-refractivity contribution in [2.24, 2.45) is 0 Å². The molecule has 4 aromatic rings. The van der Waals surface area contributed by atoms with E-state index in [4.69, 9.17) is 9.05 Å². The Labute approximate surface area is 178 Å². The Morgan fingerprint density at radius 3 is 1.67 bits per heavy atom. The molecular formula is C26H27O3P. The van der Waals surface area contributed by atoms with Crippen LogP contribution in [-0.4, -0.2) is 6.16 Å². The molecule has 4 heteroatoms. The summed E-state index contributed by atoms with van der Waals surface area (Å²) in [6.45, 7) is 2.17. The molecule has 0 amide bonds. The molecule has 0 aliphatic heterocycles. The minimum atomic E-state index is -3.41. The van der Waals surface area contributed by atoms with Gasteiger partial charge in [0.15, 0.2) is 0 Å². The first-order chi connectivity index (χ1) is 14.7. The van der Waals surface area contributed by atoms with Gasteiger partial charge in [0.1, 0.15) is 11.5 Å². The summed E-state index contributed by atoms with van der Waals surface area (Å²) in [6.07, 6.45) is 4.44. The van der Waals surface area contributed by atoms with Crippen molar-refractivity contribution in [2.45, 2.75) is 32.6 Å². The largest absolute Gasteiger partial charge is 0.430 e. The Hall–Kier alpha value is -2.77. The van der Waals surface area contributed by atoms with E-state index in [1.807, 2.05) is 84.9 Å². The molecule has 3 nitrogen and oxygen atoms in total. The highest BCUT2D eigenvalue weighted by Gasteiger charge is 2.29. The van der Waals surface area contributed by atoms with Crippen LogP contribution in [-0.2, 0) is 4.57 Å². The molecule has 0 aliphatic carbocycles. The van der Waals surface area contributed by atoms with E-state index >= 15 is 0 Å². The molecule has 0 aliphatic rings. The van der Waals surface area contributed by atoms with Crippen LogP contribution in [0.1, 0.15) is 32.6 Å². The van der Waals surface area contributed by atoms with E-state index in [0.717, 1.165) is 47.2 Å². The molecule has 0 atom stereocenters. The van der Waals surface area contributed by atoms with Crippen LogP contribution in [0.2, 0.25) is 0 Å². The molecule has 30 heavy (non-hydrogen) atoms. The maximum absolute atomic E-state index is 14.0. The van der Waals surface area contributed by atoms with Gasteiger partial charge in [-0.15, -0.1) is 0 Å². The van der Waals surface area contributed by atoms with Crippen molar-refractivity contribution in [1.82, 2.24) is 0 Å². The van der Waals surface area contributed by atoms with Crippen molar-refractivity contribution in [3.8, 4) is 11.5 Å². The fraction of sp³-hybridized carbons (Fsp3) is 0.231. The van der Waals surface area contributed by atoms with Gasteiger partial charge in [0.05, 0.1) is 6.16 Å². The van der Waals surface area contributed by atoms with Crippen molar-refractivity contribution >= 4 is 29.1 Å². The van der Waals surface area contributed by atoms with Crippen LogP contribution in [0.25, 0.3) is 21.5 Å². The summed E-state index contributed by atoms with van der Waals surface area (Å²) >= 11 is 0. The van der Waals surface area contributed by atoms with Crippen molar-refractivity contribution < 1.29 is 13.6 Å². The maximum atomic E-state index is 14.0. The van der Waals surface area contributed by atoms with Gasteiger partial charge < -0.3 is 9.05 Å². The minimum Gasteiger partial charge on any atom is -0.415 e. The van der Waals surface area contributed by atoms with Gasteiger partial charge in [-0.05, 0) is 29.3 Å². The first-order valence-corrected chi connectivity index (χ1v) is 12.3. The highest BCUT2D eigenvalue weighted by Crippen LogP contribution is 2.51. The average molecular weight is 418 g/mol. The standard InChI is InChI=1S/C26H27O3P/c1-2-3-4-9-20-30(27,28-25-18-10-14-21-12-5-7-16-23(21)25)29-26-19-11-15-22-13-6-8-17-24(22)26/h5-8,10-19H,2-4,9,20H2,1H3. The van der Waals surface area contributed by atoms with Crippen LogP contribution in [0, 0.1) is 0 Å². The molecule has 0 saturated heterocycles. The van der Waals surface area contributed by atoms with E-state index in [9.17, 15) is 4.57 Å². The number of unbranched alkanes of at least 4 members (excludes halogenated alkanes) is 3. The Balaban J connectivity index is 1.68. The van der Waals surface area contributed by atoms with Gasteiger partial charge >= 0.3 is 7.60 Å². The summed E-state index contributed by atoms with van der Waals surface area (Å²) < 4.78 is 26.3. The second kappa shape index (κ2) is 9.36. The summed E-state index contributed by atoms with van der Waals surface area (Å²) in [5.41, 5.74) is 0. The molecule has 0 spiro atoms. The smallest absolute Gasteiger partial charge is 0.415 e. The molecule has 4 rings (SSSR count). The minimum absolute atomic E-state index is 0.388. The molecule has 154 valence electrons. The predicted octanol–water partition coefficient (Wildman–Crippen LogP) is 8.22. The number of benzene rings is 4. The molecule has 0 heterocycles. The van der Waals surface area contributed by atoms with E-state index in [-0.39, 0.29) is 0 Å². The quantitative estimate of drug-likeness (QED) is 0.203.